The van der Waals surface area contributed by atoms with Crippen LogP contribution in [0.3, 0.4) is 0 Å². The lowest BCUT2D eigenvalue weighted by Crippen LogP contribution is -2.08. The summed E-state index contributed by atoms with van der Waals surface area (Å²) in [5.74, 6) is 0.410. The smallest absolute Gasteiger partial charge is 0.311 e. The standard InChI is InChI=1S/C23H21ClN2O5S/c1-29-20-11-15(5-9-19(20)31-13-16-3-7-17(24)8-4-16)6-10-21(27)26-23-25-18(14-32-23)12-22(28)30-2/h3-11,14H,12-13H2,1-2H3,(H,25,26,27)/b10-6+. The first-order valence-electron chi connectivity index (χ1n) is 9.52. The van der Waals surface area contributed by atoms with Crippen molar-refractivity contribution in [3.63, 3.8) is 0 Å². The molecule has 2 aromatic carbocycles. The summed E-state index contributed by atoms with van der Waals surface area (Å²) in [4.78, 5) is 27.7. The molecule has 1 N–H and O–H groups in total. The summed E-state index contributed by atoms with van der Waals surface area (Å²) in [5, 5.41) is 5.44. The predicted octanol–water partition coefficient (Wildman–Crippen LogP) is 4.75. The van der Waals surface area contributed by atoms with Gasteiger partial charge in [-0.15, -0.1) is 11.3 Å². The van der Waals surface area contributed by atoms with Crippen LogP contribution in [0.2, 0.25) is 5.02 Å². The van der Waals surface area contributed by atoms with Crippen LogP contribution in [-0.2, 0) is 27.4 Å². The van der Waals surface area contributed by atoms with Gasteiger partial charge in [-0.25, -0.2) is 4.98 Å². The number of anilines is 1. The Hall–Kier alpha value is -3.36. The van der Waals surface area contributed by atoms with Gasteiger partial charge in [-0.05, 0) is 41.5 Å². The van der Waals surface area contributed by atoms with Crippen molar-refractivity contribution >= 4 is 46.0 Å². The van der Waals surface area contributed by atoms with E-state index in [2.05, 4.69) is 15.0 Å². The topological polar surface area (TPSA) is 86.8 Å². The van der Waals surface area contributed by atoms with Crippen molar-refractivity contribution in [2.75, 3.05) is 19.5 Å². The van der Waals surface area contributed by atoms with Crippen molar-refractivity contribution in [2.45, 2.75) is 13.0 Å². The highest BCUT2D eigenvalue weighted by Gasteiger charge is 2.09. The monoisotopic (exact) mass is 472 g/mol. The van der Waals surface area contributed by atoms with Crippen molar-refractivity contribution in [3.05, 3.63) is 75.8 Å². The third-order valence-electron chi connectivity index (χ3n) is 4.26. The second-order valence-corrected chi connectivity index (χ2v) is 7.84. The lowest BCUT2D eigenvalue weighted by atomic mass is 10.2. The number of thiazole rings is 1. The van der Waals surface area contributed by atoms with Crippen LogP contribution in [0.25, 0.3) is 6.08 Å². The molecule has 0 unspecified atom stereocenters. The average Bonchev–Trinajstić information content (AvgIpc) is 3.23. The van der Waals surface area contributed by atoms with E-state index in [1.807, 2.05) is 30.3 Å². The molecule has 0 atom stereocenters. The number of aromatic nitrogens is 1. The number of nitrogens with one attached hydrogen (secondary N) is 1. The van der Waals surface area contributed by atoms with Crippen LogP contribution in [0.15, 0.2) is 53.9 Å². The summed E-state index contributed by atoms with van der Waals surface area (Å²) < 4.78 is 15.9. The number of nitrogens with zero attached hydrogens (tertiary/aromatic N) is 1. The van der Waals surface area contributed by atoms with Gasteiger partial charge >= 0.3 is 5.97 Å². The Morgan fingerprint density at radius 3 is 2.62 bits per heavy atom. The number of carbonyl (C=O) groups excluding carboxylic acids is 2. The zero-order valence-electron chi connectivity index (χ0n) is 17.5. The second-order valence-electron chi connectivity index (χ2n) is 6.54. The summed E-state index contributed by atoms with van der Waals surface area (Å²) >= 11 is 7.14. The molecule has 0 saturated heterocycles. The minimum Gasteiger partial charge on any atom is -0.493 e. The Bertz CT molecular complexity index is 1110. The number of hydrogen-bond donors (Lipinski definition) is 1. The molecule has 9 heteroatoms. The maximum Gasteiger partial charge on any atom is 0.311 e. The molecule has 0 spiro atoms. The third kappa shape index (κ3) is 6.83. The van der Waals surface area contributed by atoms with E-state index in [1.165, 1.54) is 24.5 Å². The maximum atomic E-state index is 12.2. The summed E-state index contributed by atoms with van der Waals surface area (Å²) in [5.41, 5.74) is 2.29. The highest BCUT2D eigenvalue weighted by atomic mass is 35.5. The molecule has 0 bridgehead atoms. The van der Waals surface area contributed by atoms with E-state index in [-0.39, 0.29) is 18.3 Å². The number of carbonyl (C=O) groups is 2. The molecule has 1 amide bonds. The first-order valence-corrected chi connectivity index (χ1v) is 10.8. The fourth-order valence-electron chi connectivity index (χ4n) is 2.63. The van der Waals surface area contributed by atoms with Gasteiger partial charge in [0.1, 0.15) is 6.61 Å². The molecule has 0 aliphatic carbocycles. The summed E-state index contributed by atoms with van der Waals surface area (Å²) in [6, 6.07) is 12.8. The van der Waals surface area contributed by atoms with E-state index >= 15 is 0 Å². The van der Waals surface area contributed by atoms with Crippen molar-refractivity contribution < 1.29 is 23.8 Å². The van der Waals surface area contributed by atoms with Gasteiger partial charge in [0.2, 0.25) is 5.91 Å². The van der Waals surface area contributed by atoms with E-state index in [1.54, 1.807) is 30.7 Å². The number of rotatable bonds is 9. The molecule has 7 nitrogen and oxygen atoms in total. The number of hydrogen-bond acceptors (Lipinski definition) is 7. The van der Waals surface area contributed by atoms with E-state index in [4.69, 9.17) is 21.1 Å². The zero-order valence-corrected chi connectivity index (χ0v) is 19.0. The molecule has 0 aliphatic rings. The van der Waals surface area contributed by atoms with Gasteiger partial charge in [0, 0.05) is 16.5 Å². The Morgan fingerprint density at radius 2 is 1.91 bits per heavy atom. The van der Waals surface area contributed by atoms with Crippen LogP contribution in [0.1, 0.15) is 16.8 Å². The highest BCUT2D eigenvalue weighted by molar-refractivity contribution is 7.14. The van der Waals surface area contributed by atoms with Crippen molar-refractivity contribution in [3.8, 4) is 11.5 Å². The molecule has 0 aliphatic heterocycles. The van der Waals surface area contributed by atoms with Gasteiger partial charge in [-0.2, -0.15) is 0 Å². The largest absolute Gasteiger partial charge is 0.493 e. The average molecular weight is 473 g/mol. The number of halogens is 1. The quantitative estimate of drug-likeness (QED) is 0.357. The Labute approximate surface area is 194 Å². The van der Waals surface area contributed by atoms with Crippen LogP contribution in [0.4, 0.5) is 5.13 Å². The SMILES string of the molecule is COC(=O)Cc1csc(NC(=O)/C=C/c2ccc(OCc3ccc(Cl)cc3)c(OC)c2)n1. The van der Waals surface area contributed by atoms with Gasteiger partial charge in [-0.1, -0.05) is 29.8 Å². The number of methoxy groups -OCH3 is 2. The van der Waals surface area contributed by atoms with Crippen molar-refractivity contribution in [1.29, 1.82) is 0 Å². The van der Waals surface area contributed by atoms with E-state index in [0.717, 1.165) is 11.1 Å². The van der Waals surface area contributed by atoms with E-state index in [0.29, 0.717) is 34.0 Å². The molecule has 3 rings (SSSR count). The van der Waals surface area contributed by atoms with Crippen LogP contribution in [-0.4, -0.2) is 31.1 Å². The lowest BCUT2D eigenvalue weighted by molar-refractivity contribution is -0.139. The Balaban J connectivity index is 1.58. The zero-order chi connectivity index (χ0) is 22.9. The molecule has 0 saturated carbocycles. The number of amides is 1. The summed E-state index contributed by atoms with van der Waals surface area (Å²) in [6.07, 6.45) is 3.11. The number of esters is 1. The Kier molecular flexibility index (Phi) is 8.24. The molecule has 3 aromatic rings. The number of benzene rings is 2. The van der Waals surface area contributed by atoms with Gasteiger partial charge in [0.05, 0.1) is 26.3 Å². The van der Waals surface area contributed by atoms with Gasteiger partial charge < -0.3 is 14.2 Å². The fraction of sp³-hybridized carbons (Fsp3) is 0.174. The molecule has 32 heavy (non-hydrogen) atoms. The molecular weight excluding hydrogens is 452 g/mol. The second kappa shape index (κ2) is 11.3. The van der Waals surface area contributed by atoms with Crippen molar-refractivity contribution in [2.24, 2.45) is 0 Å². The highest BCUT2D eigenvalue weighted by Crippen LogP contribution is 2.29. The molecule has 1 aromatic heterocycles. The van der Waals surface area contributed by atoms with E-state index in [9.17, 15) is 9.59 Å². The summed E-state index contributed by atoms with van der Waals surface area (Å²) in [7, 11) is 2.87. The molecule has 0 radical (unpaired) electrons. The maximum absolute atomic E-state index is 12.2. The van der Waals surface area contributed by atoms with Gasteiger partial charge in [0.25, 0.3) is 0 Å². The first kappa shape index (κ1) is 23.3. The number of ether oxygens (including phenoxy) is 3. The van der Waals surface area contributed by atoms with Gasteiger partial charge in [0.15, 0.2) is 16.6 Å². The minimum atomic E-state index is -0.386. The van der Waals surface area contributed by atoms with E-state index < -0.39 is 0 Å². The fourth-order valence-corrected chi connectivity index (χ4v) is 3.47. The molecular formula is C23H21ClN2O5S. The molecule has 1 heterocycles. The normalized spacial score (nSPS) is 10.7. The predicted molar refractivity (Wildman–Crippen MR) is 124 cm³/mol. The van der Waals surface area contributed by atoms with Crippen LogP contribution in [0.5, 0.6) is 11.5 Å². The Morgan fingerprint density at radius 1 is 1.12 bits per heavy atom. The van der Waals surface area contributed by atoms with Crippen LogP contribution < -0.4 is 14.8 Å². The minimum absolute atomic E-state index is 0.0605. The first-order chi connectivity index (χ1) is 15.5. The van der Waals surface area contributed by atoms with Crippen LogP contribution in [0, 0.1) is 0 Å². The molecule has 0 fully saturated rings. The van der Waals surface area contributed by atoms with Crippen molar-refractivity contribution in [1.82, 2.24) is 4.98 Å². The lowest BCUT2D eigenvalue weighted by Gasteiger charge is -2.11. The summed E-state index contributed by atoms with van der Waals surface area (Å²) in [6.45, 7) is 0.372. The third-order valence-corrected chi connectivity index (χ3v) is 5.32. The van der Waals surface area contributed by atoms with Gasteiger partial charge in [-0.3, -0.25) is 14.9 Å². The molecule has 166 valence electrons. The van der Waals surface area contributed by atoms with Crippen LogP contribution >= 0.6 is 22.9 Å².